The van der Waals surface area contributed by atoms with Gasteiger partial charge in [0.05, 0.1) is 14.7 Å². The van der Waals surface area contributed by atoms with Crippen LogP contribution in [0.3, 0.4) is 0 Å². The fourth-order valence-electron chi connectivity index (χ4n) is 1.21. The molecule has 0 amide bonds. The fourth-order valence-corrected chi connectivity index (χ4v) is 4.68. The van der Waals surface area contributed by atoms with Crippen molar-refractivity contribution in [2.24, 2.45) is 0 Å². The maximum atomic E-state index is 5.44. The third-order valence-electron chi connectivity index (χ3n) is 1.87. The van der Waals surface area contributed by atoms with E-state index in [9.17, 15) is 0 Å². The Kier molecular flexibility index (Phi) is 4.13. The number of hydrogen-bond donors (Lipinski definition) is 0. The molecule has 1 aliphatic rings. The highest BCUT2D eigenvalue weighted by atomic mass is 32.2. The predicted octanol–water partition coefficient (Wildman–Crippen LogP) is 2.78. The fraction of sp³-hybridized carbons (Fsp3) is 1.00. The van der Waals surface area contributed by atoms with E-state index in [1.807, 2.05) is 0 Å². The maximum Gasteiger partial charge on any atom is 0.0584 e. The molecule has 1 saturated heterocycles. The first-order chi connectivity index (χ1) is 5.58. The van der Waals surface area contributed by atoms with Gasteiger partial charge in [-0.1, -0.05) is 19.6 Å². The van der Waals surface area contributed by atoms with Crippen molar-refractivity contribution in [1.82, 2.24) is 0 Å². The van der Waals surface area contributed by atoms with Gasteiger partial charge < -0.3 is 4.74 Å². The molecule has 12 heavy (non-hydrogen) atoms. The Morgan fingerprint density at radius 2 is 2.17 bits per heavy atom. The average Bonchev–Trinajstić information content (AvgIpc) is 2.02. The van der Waals surface area contributed by atoms with E-state index in [4.69, 9.17) is 4.74 Å². The van der Waals surface area contributed by atoms with Crippen LogP contribution in [-0.4, -0.2) is 31.9 Å². The molecule has 72 valence electrons. The van der Waals surface area contributed by atoms with Gasteiger partial charge in [0.15, 0.2) is 0 Å². The number of ether oxygens (including phenoxy) is 1. The zero-order valence-corrected chi connectivity index (χ0v) is 10.2. The summed E-state index contributed by atoms with van der Waals surface area (Å²) in [6.45, 7) is 9.29. The lowest BCUT2D eigenvalue weighted by Crippen LogP contribution is -2.28. The highest BCUT2D eigenvalue weighted by Crippen LogP contribution is 2.23. The largest absolute Gasteiger partial charge is 0.380 e. The lowest BCUT2D eigenvalue weighted by atomic mass is 10.2. The Bertz CT molecular complexity index is 127. The van der Waals surface area contributed by atoms with Gasteiger partial charge in [-0.05, 0) is 18.2 Å². The Labute approximate surface area is 81.3 Å². The zero-order chi connectivity index (χ0) is 9.03. The van der Waals surface area contributed by atoms with Gasteiger partial charge in [-0.15, -0.1) is 0 Å². The smallest absolute Gasteiger partial charge is 0.0584 e. The van der Waals surface area contributed by atoms with Crippen LogP contribution in [0, 0.1) is 0 Å². The van der Waals surface area contributed by atoms with E-state index in [1.165, 1.54) is 18.2 Å². The second kappa shape index (κ2) is 4.68. The minimum atomic E-state index is -0.834. The summed E-state index contributed by atoms with van der Waals surface area (Å²) in [4.78, 5) is 0. The van der Waals surface area contributed by atoms with Crippen LogP contribution in [-0.2, 0) is 4.74 Å². The number of hydrogen-bond acceptors (Lipinski definition) is 2. The van der Waals surface area contributed by atoms with Crippen LogP contribution in [0.5, 0.6) is 0 Å². The van der Waals surface area contributed by atoms with Crippen LogP contribution in [0.2, 0.25) is 19.6 Å². The van der Waals surface area contributed by atoms with E-state index in [2.05, 4.69) is 31.4 Å². The number of rotatable bonds is 3. The van der Waals surface area contributed by atoms with Crippen LogP contribution in [0.4, 0.5) is 0 Å². The molecule has 1 unspecified atom stereocenters. The standard InChI is InChI=1S/C9H20OSSi/c1-12(2,3)8-11-9-5-4-6-10-7-9/h9H,4-8H2,1-3H3. The normalized spacial score (nSPS) is 25.8. The molecule has 1 heterocycles. The summed E-state index contributed by atoms with van der Waals surface area (Å²) >= 11 is 2.14. The molecule has 0 aromatic heterocycles. The van der Waals surface area contributed by atoms with Gasteiger partial charge in [0.2, 0.25) is 0 Å². The first-order valence-electron chi connectivity index (χ1n) is 4.77. The summed E-state index contributed by atoms with van der Waals surface area (Å²) in [6.07, 6.45) is 2.64. The molecule has 0 radical (unpaired) electrons. The maximum absolute atomic E-state index is 5.44. The van der Waals surface area contributed by atoms with E-state index in [0.717, 1.165) is 18.5 Å². The van der Waals surface area contributed by atoms with Crippen LogP contribution in [0.1, 0.15) is 12.8 Å². The lowest BCUT2D eigenvalue weighted by molar-refractivity contribution is 0.101. The second-order valence-electron chi connectivity index (χ2n) is 4.71. The Morgan fingerprint density at radius 3 is 2.67 bits per heavy atom. The van der Waals surface area contributed by atoms with Crippen molar-refractivity contribution in [3.63, 3.8) is 0 Å². The molecular weight excluding hydrogens is 184 g/mol. The summed E-state index contributed by atoms with van der Waals surface area (Å²) in [5.41, 5.74) is 0. The molecule has 1 atom stereocenters. The van der Waals surface area contributed by atoms with Crippen molar-refractivity contribution in [1.29, 1.82) is 0 Å². The second-order valence-corrected chi connectivity index (χ2v) is 12.0. The molecule has 1 rings (SSSR count). The highest BCUT2D eigenvalue weighted by Gasteiger charge is 2.19. The van der Waals surface area contributed by atoms with Gasteiger partial charge in [-0.3, -0.25) is 0 Å². The molecular formula is C9H20OSSi. The Balaban J connectivity index is 2.13. The molecule has 0 spiro atoms. The molecule has 0 bridgehead atoms. The average molecular weight is 204 g/mol. The first kappa shape index (κ1) is 10.6. The van der Waals surface area contributed by atoms with Crippen LogP contribution >= 0.6 is 11.8 Å². The van der Waals surface area contributed by atoms with Crippen LogP contribution in [0.15, 0.2) is 0 Å². The highest BCUT2D eigenvalue weighted by molar-refractivity contribution is 8.01. The lowest BCUT2D eigenvalue weighted by Gasteiger charge is -2.24. The van der Waals surface area contributed by atoms with Gasteiger partial charge in [-0.2, -0.15) is 11.8 Å². The van der Waals surface area contributed by atoms with Gasteiger partial charge in [0, 0.05) is 11.9 Å². The summed E-state index contributed by atoms with van der Waals surface area (Å²) in [5, 5.41) is 2.19. The van der Waals surface area contributed by atoms with Crippen LogP contribution in [0.25, 0.3) is 0 Å². The summed E-state index contributed by atoms with van der Waals surface area (Å²) in [6, 6.07) is 0. The van der Waals surface area contributed by atoms with E-state index in [-0.39, 0.29) is 0 Å². The molecule has 0 saturated carbocycles. The molecule has 1 nitrogen and oxygen atoms in total. The molecule has 1 aliphatic heterocycles. The first-order valence-corrected chi connectivity index (χ1v) is 9.53. The van der Waals surface area contributed by atoms with Crippen molar-refractivity contribution in [2.45, 2.75) is 37.7 Å². The van der Waals surface area contributed by atoms with Crippen molar-refractivity contribution in [3.8, 4) is 0 Å². The Hall–Kier alpha value is 0.527. The van der Waals surface area contributed by atoms with E-state index in [0.29, 0.717) is 0 Å². The van der Waals surface area contributed by atoms with E-state index < -0.39 is 8.07 Å². The van der Waals surface area contributed by atoms with Crippen molar-refractivity contribution in [3.05, 3.63) is 0 Å². The van der Waals surface area contributed by atoms with Gasteiger partial charge in [-0.25, -0.2) is 0 Å². The zero-order valence-electron chi connectivity index (χ0n) is 8.43. The van der Waals surface area contributed by atoms with Crippen molar-refractivity contribution in [2.75, 3.05) is 18.6 Å². The van der Waals surface area contributed by atoms with Gasteiger partial charge in [0.25, 0.3) is 0 Å². The van der Waals surface area contributed by atoms with Crippen LogP contribution < -0.4 is 0 Å². The SMILES string of the molecule is C[Si](C)(C)CSC1CCCOC1. The number of thioether (sulfide) groups is 1. The predicted molar refractivity (Wildman–Crippen MR) is 59.6 cm³/mol. The quantitative estimate of drug-likeness (QED) is 0.654. The third-order valence-corrected chi connectivity index (χ3v) is 6.84. The van der Waals surface area contributed by atoms with Crippen molar-refractivity contribution >= 4 is 19.8 Å². The minimum Gasteiger partial charge on any atom is -0.380 e. The molecule has 0 aromatic rings. The van der Waals surface area contributed by atoms with Crippen molar-refractivity contribution < 1.29 is 4.74 Å². The monoisotopic (exact) mass is 204 g/mol. The van der Waals surface area contributed by atoms with Gasteiger partial charge in [0.1, 0.15) is 0 Å². The molecule has 0 N–H and O–H groups in total. The summed E-state index contributed by atoms with van der Waals surface area (Å²) in [7, 11) is -0.834. The molecule has 1 fully saturated rings. The summed E-state index contributed by atoms with van der Waals surface area (Å²) in [5.74, 6) is 0. The third kappa shape index (κ3) is 4.53. The summed E-state index contributed by atoms with van der Waals surface area (Å²) < 4.78 is 5.44. The van der Waals surface area contributed by atoms with E-state index in [1.54, 1.807) is 0 Å². The molecule has 0 aromatic carbocycles. The molecule has 0 aliphatic carbocycles. The van der Waals surface area contributed by atoms with Gasteiger partial charge >= 0.3 is 0 Å². The molecule has 3 heteroatoms. The minimum absolute atomic E-state index is 0.797. The van der Waals surface area contributed by atoms with E-state index >= 15 is 0 Å². The Morgan fingerprint density at radius 1 is 1.42 bits per heavy atom. The topological polar surface area (TPSA) is 9.23 Å².